The minimum atomic E-state index is -4.75. The average Bonchev–Trinajstić information content (AvgIpc) is 3.58. The second-order valence-corrected chi connectivity index (χ2v) is 12.2. The van der Waals surface area contributed by atoms with Crippen LogP contribution in [0, 0.1) is 0 Å². The van der Waals surface area contributed by atoms with Crippen LogP contribution in [-0.4, -0.2) is 81.2 Å². The van der Waals surface area contributed by atoms with Gasteiger partial charge in [-0.3, -0.25) is 10.2 Å². The van der Waals surface area contributed by atoms with Crippen molar-refractivity contribution in [2.45, 2.75) is 57.4 Å². The van der Waals surface area contributed by atoms with Crippen LogP contribution in [0.3, 0.4) is 0 Å². The van der Waals surface area contributed by atoms with Crippen LogP contribution in [0.5, 0.6) is 11.6 Å². The average molecular weight is 646 g/mol. The van der Waals surface area contributed by atoms with Gasteiger partial charge in [0.05, 0.1) is 36.3 Å². The predicted molar refractivity (Wildman–Crippen MR) is 150 cm³/mol. The molecule has 0 aromatic carbocycles. The highest BCUT2D eigenvalue weighted by molar-refractivity contribution is 6.32. The van der Waals surface area contributed by atoms with Gasteiger partial charge in [0, 0.05) is 31.6 Å². The zero-order valence-electron chi connectivity index (χ0n) is 23.8. The monoisotopic (exact) mass is 645 g/mol. The number of hydrogen-bond donors (Lipinski definition) is 1. The Morgan fingerprint density at radius 1 is 1.19 bits per heavy atom. The lowest BCUT2D eigenvalue weighted by molar-refractivity contribution is -0.181. The van der Waals surface area contributed by atoms with E-state index in [9.17, 15) is 22.8 Å². The fourth-order valence-corrected chi connectivity index (χ4v) is 5.39. The number of amides is 3. The number of anilines is 2. The number of carbonyl (C=O) groups excluding carboxylic acids is 2. The van der Waals surface area contributed by atoms with Crippen molar-refractivity contribution in [1.82, 2.24) is 24.5 Å². The van der Waals surface area contributed by atoms with Crippen molar-refractivity contribution in [3.8, 4) is 11.6 Å². The molecular weight excluding hydrogens is 618 g/mol. The van der Waals surface area contributed by atoms with E-state index in [1.54, 1.807) is 20.8 Å². The van der Waals surface area contributed by atoms with Crippen molar-refractivity contribution in [3.63, 3.8) is 0 Å². The largest absolute Gasteiger partial charge is 0.490 e. The summed E-state index contributed by atoms with van der Waals surface area (Å²) in [5.41, 5.74) is -3.44. The van der Waals surface area contributed by atoms with Crippen LogP contribution in [0.1, 0.15) is 39.8 Å². The molecule has 0 saturated carbocycles. The molecule has 0 spiro atoms. The number of rotatable bonds is 4. The normalized spacial score (nSPS) is 20.4. The van der Waals surface area contributed by atoms with Crippen molar-refractivity contribution in [2.75, 3.05) is 37.0 Å². The molecule has 232 valence electrons. The number of ether oxygens (including phenoxy) is 3. The van der Waals surface area contributed by atoms with Crippen LogP contribution in [0.25, 0.3) is 5.65 Å². The van der Waals surface area contributed by atoms with Crippen molar-refractivity contribution < 1.29 is 37.0 Å². The molecule has 0 radical (unpaired) electrons. The molecule has 3 aromatic rings. The van der Waals surface area contributed by atoms with Crippen LogP contribution < -0.4 is 19.7 Å². The second kappa shape index (κ2) is 10.8. The number of hydrogen-bond acceptors (Lipinski definition) is 8. The summed E-state index contributed by atoms with van der Waals surface area (Å²) in [6, 6.07) is 1.68. The lowest BCUT2D eigenvalue weighted by Gasteiger charge is -2.28. The Morgan fingerprint density at radius 3 is 2.56 bits per heavy atom. The number of aromatic nitrogens is 4. The number of carbonyl (C=O) groups is 2. The first kappa shape index (κ1) is 30.7. The Hall–Kier alpha value is -3.72. The van der Waals surface area contributed by atoms with Gasteiger partial charge in [-0.1, -0.05) is 23.2 Å². The Morgan fingerprint density at radius 2 is 1.91 bits per heavy atom. The molecule has 2 atom stereocenters. The Bertz CT molecular complexity index is 1600. The highest BCUT2D eigenvalue weighted by atomic mass is 35.5. The van der Waals surface area contributed by atoms with Gasteiger partial charge in [-0.2, -0.15) is 23.3 Å². The summed E-state index contributed by atoms with van der Waals surface area (Å²) in [6.45, 7) is 6.09. The number of methoxy groups -OCH3 is 1. The minimum absolute atomic E-state index is 0.0290. The molecule has 5 heterocycles. The van der Waals surface area contributed by atoms with E-state index >= 15 is 0 Å². The van der Waals surface area contributed by atoms with E-state index in [4.69, 9.17) is 37.4 Å². The topological polar surface area (TPSA) is 123 Å². The highest BCUT2D eigenvalue weighted by Crippen LogP contribution is 2.50. The lowest BCUT2D eigenvalue weighted by atomic mass is 9.88. The van der Waals surface area contributed by atoms with Crippen molar-refractivity contribution in [3.05, 3.63) is 34.2 Å². The minimum Gasteiger partial charge on any atom is -0.490 e. The Balaban J connectivity index is 1.39. The Labute approximate surface area is 254 Å². The maximum Gasteiger partial charge on any atom is 0.410 e. The predicted octanol–water partition coefficient (Wildman–Crippen LogP) is 5.70. The second-order valence-electron chi connectivity index (χ2n) is 11.4. The maximum atomic E-state index is 14.4. The molecule has 17 heteroatoms. The van der Waals surface area contributed by atoms with Gasteiger partial charge in [-0.05, 0) is 27.7 Å². The summed E-state index contributed by atoms with van der Waals surface area (Å²) < 4.78 is 61.0. The molecule has 3 amide bonds. The molecule has 0 aliphatic carbocycles. The van der Waals surface area contributed by atoms with E-state index < -0.39 is 42.0 Å². The van der Waals surface area contributed by atoms with Crippen molar-refractivity contribution in [1.29, 1.82) is 0 Å². The van der Waals surface area contributed by atoms with E-state index in [0.717, 1.165) is 16.3 Å². The molecule has 2 aliphatic heterocycles. The molecule has 1 N–H and O–H groups in total. The van der Waals surface area contributed by atoms with Gasteiger partial charge < -0.3 is 19.1 Å². The number of nitrogens with zero attached hydrogens (tertiary/aromatic N) is 6. The standard InChI is InChI=1S/C26H28Cl2F3N7O5/c1-24(2,3)43-23(40)36-7-6-13(11-36)42-21-19(41-5)14(27)8-17(33-21)34-22(39)37-12-25(4,26(29,30)31)20-15(37)10-32-18-9-16(28)35-38(18)20/h8-10,13H,6-7,11-12H2,1-5H3,(H,33,34,39)/t13-,25+/m0/s1. The van der Waals surface area contributed by atoms with Gasteiger partial charge in [-0.15, -0.1) is 0 Å². The van der Waals surface area contributed by atoms with E-state index in [2.05, 4.69) is 20.4 Å². The molecule has 5 rings (SSSR count). The van der Waals surface area contributed by atoms with Crippen molar-refractivity contribution >= 4 is 52.5 Å². The molecule has 2 aliphatic rings. The summed E-state index contributed by atoms with van der Waals surface area (Å²) >= 11 is 12.3. The molecule has 0 bridgehead atoms. The van der Waals surface area contributed by atoms with Crippen LogP contribution >= 0.6 is 23.2 Å². The van der Waals surface area contributed by atoms with Crippen LogP contribution in [0.2, 0.25) is 10.2 Å². The van der Waals surface area contributed by atoms with Crippen molar-refractivity contribution in [2.24, 2.45) is 0 Å². The first-order valence-corrected chi connectivity index (χ1v) is 13.9. The molecule has 43 heavy (non-hydrogen) atoms. The summed E-state index contributed by atoms with van der Waals surface area (Å²) in [6.07, 6.45) is -4.11. The summed E-state index contributed by atoms with van der Waals surface area (Å²) in [5, 5.41) is 6.44. The molecule has 1 fully saturated rings. The third-order valence-electron chi connectivity index (χ3n) is 7.00. The molecule has 3 aromatic heterocycles. The first-order chi connectivity index (χ1) is 20.0. The zero-order valence-corrected chi connectivity index (χ0v) is 25.3. The lowest BCUT2D eigenvalue weighted by Crippen LogP contribution is -2.46. The SMILES string of the molecule is COc1c(Cl)cc(NC(=O)N2C[C@@](C)(C(F)(F)F)c3c2cnc2cc(Cl)nn32)nc1O[C@H]1CCN(C(=O)OC(C)(C)C)C1. The number of pyridine rings is 1. The molecule has 0 unspecified atom stereocenters. The van der Waals surface area contributed by atoms with E-state index in [-0.39, 0.29) is 51.2 Å². The van der Waals surface area contributed by atoms with Crippen LogP contribution in [0.4, 0.5) is 34.3 Å². The maximum absolute atomic E-state index is 14.4. The number of fused-ring (bicyclic) bond motifs is 3. The quantitative estimate of drug-likeness (QED) is 0.383. The fourth-order valence-electron chi connectivity index (χ4n) is 4.95. The molecular formula is C26H28Cl2F3N7O5. The van der Waals surface area contributed by atoms with Gasteiger partial charge >= 0.3 is 18.3 Å². The zero-order chi connectivity index (χ0) is 31.5. The van der Waals surface area contributed by atoms with E-state index in [1.165, 1.54) is 30.3 Å². The summed E-state index contributed by atoms with van der Waals surface area (Å²) in [5.74, 6) is -0.0994. The number of likely N-dealkylation sites (tertiary alicyclic amines) is 1. The third-order valence-corrected chi connectivity index (χ3v) is 7.47. The van der Waals surface area contributed by atoms with Gasteiger partial charge in [-0.25, -0.2) is 19.1 Å². The van der Waals surface area contributed by atoms with Crippen LogP contribution in [0.15, 0.2) is 18.3 Å². The van der Waals surface area contributed by atoms with Gasteiger partial charge in [0.15, 0.2) is 16.5 Å². The van der Waals surface area contributed by atoms with Gasteiger partial charge in [0.2, 0.25) is 0 Å². The fraction of sp³-hybridized carbons (Fsp3) is 0.500. The highest BCUT2D eigenvalue weighted by Gasteiger charge is 2.60. The van der Waals surface area contributed by atoms with Gasteiger partial charge in [0.25, 0.3) is 5.88 Å². The summed E-state index contributed by atoms with van der Waals surface area (Å²) in [4.78, 5) is 36.7. The summed E-state index contributed by atoms with van der Waals surface area (Å²) in [7, 11) is 1.35. The molecule has 1 saturated heterocycles. The van der Waals surface area contributed by atoms with Gasteiger partial charge in [0.1, 0.15) is 22.9 Å². The van der Waals surface area contributed by atoms with Crippen LogP contribution in [-0.2, 0) is 10.2 Å². The third kappa shape index (κ3) is 5.79. The number of alkyl halides is 3. The Kier molecular flexibility index (Phi) is 7.70. The number of urea groups is 1. The van der Waals surface area contributed by atoms with E-state index in [1.807, 2.05) is 0 Å². The number of halogens is 5. The number of nitrogens with one attached hydrogen (secondary N) is 1. The first-order valence-electron chi connectivity index (χ1n) is 13.1. The smallest absolute Gasteiger partial charge is 0.410 e. The van der Waals surface area contributed by atoms with E-state index in [0.29, 0.717) is 13.0 Å². The molecule has 12 nitrogen and oxygen atoms in total.